The van der Waals surface area contributed by atoms with Gasteiger partial charge in [0.05, 0.1) is 23.8 Å². The summed E-state index contributed by atoms with van der Waals surface area (Å²) in [6.45, 7) is 5.93. The first kappa shape index (κ1) is 21.6. The number of halogens is 2. The lowest BCUT2D eigenvalue weighted by Gasteiger charge is -2.40. The molecule has 0 N–H and O–H groups in total. The molecule has 162 valence electrons. The lowest BCUT2D eigenvalue weighted by molar-refractivity contribution is -0.0260. The van der Waals surface area contributed by atoms with Gasteiger partial charge in [-0.2, -0.15) is 5.26 Å². The molecule has 0 bridgehead atoms. The molecule has 0 aliphatic carbocycles. The van der Waals surface area contributed by atoms with Crippen LogP contribution in [0.3, 0.4) is 0 Å². The number of rotatable bonds is 4. The Morgan fingerprint density at radius 3 is 2.42 bits per heavy atom. The fourth-order valence-corrected chi connectivity index (χ4v) is 4.06. The molecule has 0 spiro atoms. The van der Waals surface area contributed by atoms with E-state index in [0.717, 1.165) is 5.69 Å². The predicted molar refractivity (Wildman–Crippen MR) is 118 cm³/mol. The number of hydrogen-bond acceptors (Lipinski definition) is 5. The van der Waals surface area contributed by atoms with Crippen molar-refractivity contribution in [1.82, 2.24) is 0 Å². The van der Waals surface area contributed by atoms with E-state index in [-0.39, 0.29) is 6.54 Å². The summed E-state index contributed by atoms with van der Waals surface area (Å²) in [6.07, 6.45) is -1.24. The molecule has 2 unspecified atom stereocenters. The van der Waals surface area contributed by atoms with Gasteiger partial charge in [0.2, 0.25) is 0 Å². The summed E-state index contributed by atoms with van der Waals surface area (Å²) in [5, 5.41) is 8.97. The van der Waals surface area contributed by atoms with E-state index < -0.39 is 31.3 Å². The minimum Gasteiger partial charge on any atom is -0.399 e. The standard InChI is InChI=1S/C23H26BF2N3O2/c1-22(2)23(3,16-25)31-24(30-22)19-6-4-5-7-20(19)29-13-12-28(15-21(29)26)18-10-8-17(14-27)9-11-18/h4-11,21H,12-13,15-16H2,1-3H3. The molecule has 0 saturated carbocycles. The SMILES string of the molecule is CC1(C)OB(c2ccccc2N2CCN(c3ccc(C#N)cc3)CC2F)OC1(C)CF. The molecule has 5 nitrogen and oxygen atoms in total. The summed E-state index contributed by atoms with van der Waals surface area (Å²) in [6, 6.07) is 16.7. The number of para-hydroxylation sites is 1. The van der Waals surface area contributed by atoms with Crippen LogP contribution in [0.15, 0.2) is 48.5 Å². The zero-order valence-electron chi connectivity index (χ0n) is 18.0. The van der Waals surface area contributed by atoms with E-state index in [0.29, 0.717) is 29.8 Å². The van der Waals surface area contributed by atoms with Gasteiger partial charge < -0.3 is 19.1 Å². The lowest BCUT2D eigenvalue weighted by Crippen LogP contribution is -2.53. The second-order valence-electron chi connectivity index (χ2n) is 8.73. The van der Waals surface area contributed by atoms with Gasteiger partial charge in [-0.25, -0.2) is 8.78 Å². The molecule has 31 heavy (non-hydrogen) atoms. The number of nitrogens with zero attached hydrogens (tertiary/aromatic N) is 3. The number of hydrogen-bond donors (Lipinski definition) is 0. The molecular formula is C23H26BF2N3O2. The van der Waals surface area contributed by atoms with Crippen molar-refractivity contribution in [3.8, 4) is 6.07 Å². The molecule has 2 aliphatic rings. The predicted octanol–water partition coefficient (Wildman–Crippen LogP) is 3.43. The number of benzene rings is 2. The molecule has 2 aliphatic heterocycles. The lowest BCUT2D eigenvalue weighted by atomic mass is 9.77. The highest BCUT2D eigenvalue weighted by Crippen LogP contribution is 2.38. The molecule has 0 amide bonds. The van der Waals surface area contributed by atoms with Gasteiger partial charge in [-0.05, 0) is 51.1 Å². The van der Waals surface area contributed by atoms with Crippen LogP contribution in [0.25, 0.3) is 0 Å². The van der Waals surface area contributed by atoms with Gasteiger partial charge in [-0.1, -0.05) is 18.2 Å². The average molecular weight is 425 g/mol. The van der Waals surface area contributed by atoms with Crippen molar-refractivity contribution in [1.29, 1.82) is 5.26 Å². The van der Waals surface area contributed by atoms with Crippen LogP contribution in [0.1, 0.15) is 26.3 Å². The monoisotopic (exact) mass is 425 g/mol. The van der Waals surface area contributed by atoms with Crippen molar-refractivity contribution in [3.05, 3.63) is 54.1 Å². The maximum atomic E-state index is 15.3. The van der Waals surface area contributed by atoms with Gasteiger partial charge in [-0.15, -0.1) is 0 Å². The highest BCUT2D eigenvalue weighted by Gasteiger charge is 2.55. The van der Waals surface area contributed by atoms with E-state index >= 15 is 4.39 Å². The molecule has 8 heteroatoms. The third-order valence-corrected chi connectivity index (χ3v) is 6.48. The fraction of sp³-hybridized carbons (Fsp3) is 0.435. The molecule has 2 fully saturated rings. The number of anilines is 2. The van der Waals surface area contributed by atoms with E-state index in [9.17, 15) is 4.39 Å². The molecule has 2 heterocycles. The maximum Gasteiger partial charge on any atom is 0.497 e. The summed E-state index contributed by atoms with van der Waals surface area (Å²) >= 11 is 0. The number of nitriles is 1. The molecule has 0 aromatic heterocycles. The van der Waals surface area contributed by atoms with E-state index in [1.165, 1.54) is 0 Å². The van der Waals surface area contributed by atoms with Crippen molar-refractivity contribution in [2.45, 2.75) is 38.3 Å². The number of alkyl halides is 2. The Balaban J connectivity index is 1.54. The normalized spacial score (nSPS) is 25.5. The maximum absolute atomic E-state index is 15.3. The number of piperazine rings is 1. The van der Waals surface area contributed by atoms with Gasteiger partial charge in [0.25, 0.3) is 0 Å². The molecule has 2 aromatic rings. The highest BCUT2D eigenvalue weighted by molar-refractivity contribution is 6.64. The van der Waals surface area contributed by atoms with Crippen LogP contribution < -0.4 is 15.3 Å². The zero-order chi connectivity index (χ0) is 22.2. The molecular weight excluding hydrogens is 399 g/mol. The first-order valence-electron chi connectivity index (χ1n) is 10.4. The topological polar surface area (TPSA) is 48.7 Å². The van der Waals surface area contributed by atoms with E-state index in [4.69, 9.17) is 14.6 Å². The Morgan fingerprint density at radius 2 is 1.81 bits per heavy atom. The van der Waals surface area contributed by atoms with Crippen molar-refractivity contribution in [2.75, 3.05) is 36.1 Å². The smallest absolute Gasteiger partial charge is 0.399 e. The van der Waals surface area contributed by atoms with E-state index in [1.807, 2.05) is 55.1 Å². The zero-order valence-corrected chi connectivity index (χ0v) is 18.0. The van der Waals surface area contributed by atoms with Gasteiger partial charge >= 0.3 is 7.12 Å². The van der Waals surface area contributed by atoms with Crippen LogP contribution in [0.2, 0.25) is 0 Å². The van der Waals surface area contributed by atoms with E-state index in [2.05, 4.69) is 6.07 Å². The summed E-state index contributed by atoms with van der Waals surface area (Å²) in [5.41, 5.74) is 0.961. The second kappa shape index (κ2) is 8.14. The molecule has 2 saturated heterocycles. The summed E-state index contributed by atoms with van der Waals surface area (Å²) in [7, 11) is -0.768. The van der Waals surface area contributed by atoms with E-state index in [1.54, 1.807) is 24.0 Å². The first-order chi connectivity index (χ1) is 14.8. The van der Waals surface area contributed by atoms with Gasteiger partial charge in [0.15, 0.2) is 6.30 Å². The summed E-state index contributed by atoms with van der Waals surface area (Å²) in [5.74, 6) is 0. The Morgan fingerprint density at radius 1 is 1.10 bits per heavy atom. The highest BCUT2D eigenvalue weighted by atomic mass is 19.1. The third-order valence-electron chi connectivity index (χ3n) is 6.48. The Kier molecular flexibility index (Phi) is 5.67. The third kappa shape index (κ3) is 3.88. The van der Waals surface area contributed by atoms with Crippen LogP contribution in [-0.4, -0.2) is 50.9 Å². The fourth-order valence-electron chi connectivity index (χ4n) is 4.06. The van der Waals surface area contributed by atoms with Crippen LogP contribution in [-0.2, 0) is 9.31 Å². The van der Waals surface area contributed by atoms with Crippen molar-refractivity contribution in [2.24, 2.45) is 0 Å². The Hall–Kier alpha value is -2.63. The van der Waals surface area contributed by atoms with Gasteiger partial charge in [-0.3, -0.25) is 0 Å². The summed E-state index contributed by atoms with van der Waals surface area (Å²) < 4.78 is 41.1. The van der Waals surface area contributed by atoms with Gasteiger partial charge in [0.1, 0.15) is 12.3 Å². The largest absolute Gasteiger partial charge is 0.497 e. The van der Waals surface area contributed by atoms with Crippen LogP contribution in [0.4, 0.5) is 20.2 Å². The van der Waals surface area contributed by atoms with Crippen molar-refractivity contribution >= 4 is 24.0 Å². The van der Waals surface area contributed by atoms with Crippen LogP contribution >= 0.6 is 0 Å². The van der Waals surface area contributed by atoms with Crippen molar-refractivity contribution < 1.29 is 18.1 Å². The Labute approximate surface area is 182 Å². The van der Waals surface area contributed by atoms with Gasteiger partial charge in [0, 0.05) is 29.9 Å². The quantitative estimate of drug-likeness (QED) is 0.555. The average Bonchev–Trinajstić information content (AvgIpc) is 3.03. The van der Waals surface area contributed by atoms with Crippen molar-refractivity contribution in [3.63, 3.8) is 0 Å². The molecule has 0 radical (unpaired) electrons. The minimum absolute atomic E-state index is 0.195. The summed E-state index contributed by atoms with van der Waals surface area (Å²) in [4.78, 5) is 3.68. The minimum atomic E-state index is -1.24. The first-order valence-corrected chi connectivity index (χ1v) is 10.4. The molecule has 4 rings (SSSR count). The van der Waals surface area contributed by atoms with Crippen LogP contribution in [0.5, 0.6) is 0 Å². The Bertz CT molecular complexity index is 982. The molecule has 2 aromatic carbocycles. The van der Waals surface area contributed by atoms with Crippen LogP contribution in [0, 0.1) is 11.3 Å². The second-order valence-corrected chi connectivity index (χ2v) is 8.73. The molecule has 2 atom stereocenters.